The molecular weight excluding hydrogens is 534 g/mol. The van der Waals surface area contributed by atoms with Gasteiger partial charge >= 0.3 is 5.97 Å². The van der Waals surface area contributed by atoms with Crippen LogP contribution >= 0.6 is 46.4 Å². The number of ether oxygens (including phenoxy) is 3. The van der Waals surface area contributed by atoms with Gasteiger partial charge in [-0.25, -0.2) is 4.79 Å². The van der Waals surface area contributed by atoms with Crippen molar-refractivity contribution in [3.05, 3.63) is 49.4 Å². The Morgan fingerprint density at radius 1 is 0.941 bits per heavy atom. The molecule has 3 rings (SSSR count). The molecule has 1 N–H and O–H groups in total. The van der Waals surface area contributed by atoms with Gasteiger partial charge in [-0.2, -0.15) is 0 Å². The molecule has 1 aliphatic heterocycles. The van der Waals surface area contributed by atoms with Crippen LogP contribution < -0.4 is 14.8 Å². The van der Waals surface area contributed by atoms with Crippen molar-refractivity contribution in [1.82, 2.24) is 4.90 Å². The van der Waals surface area contributed by atoms with Gasteiger partial charge in [0.1, 0.15) is 17.5 Å². The molecule has 0 bridgehead atoms. The lowest BCUT2D eigenvalue weighted by Crippen LogP contribution is -2.44. The van der Waals surface area contributed by atoms with Gasteiger partial charge in [-0.05, 0) is 19.1 Å². The minimum absolute atomic E-state index is 0.199. The Morgan fingerprint density at radius 2 is 1.50 bits per heavy atom. The lowest BCUT2D eigenvalue weighted by atomic mass is 10.1. The number of hydrogen-bond donors (Lipinski definition) is 1. The van der Waals surface area contributed by atoms with Crippen molar-refractivity contribution in [2.75, 3.05) is 26.1 Å². The van der Waals surface area contributed by atoms with E-state index in [1.807, 2.05) is 0 Å². The molecule has 9 nitrogen and oxygen atoms in total. The average Bonchev–Trinajstić information content (AvgIpc) is 3.09. The third-order valence-electron chi connectivity index (χ3n) is 4.89. The number of nitrogens with one attached hydrogen (secondary N) is 1. The van der Waals surface area contributed by atoms with Crippen LogP contribution in [0.15, 0.2) is 18.2 Å². The van der Waals surface area contributed by atoms with Gasteiger partial charge in [-0.15, -0.1) is 0 Å². The van der Waals surface area contributed by atoms with Crippen LogP contribution in [0.5, 0.6) is 11.5 Å². The fourth-order valence-electron chi connectivity index (χ4n) is 3.18. The van der Waals surface area contributed by atoms with Gasteiger partial charge in [0, 0.05) is 6.07 Å². The SMILES string of the molecule is COc1ccc(OC)c(NC(=O)COC(=O)[C@@H](C)N2C(=O)c3c(Cl)c(Cl)c(Cl)c(Cl)c3C2=O)c1. The van der Waals surface area contributed by atoms with E-state index in [1.165, 1.54) is 27.2 Å². The molecule has 2 aromatic rings. The van der Waals surface area contributed by atoms with E-state index in [0.717, 1.165) is 0 Å². The fourth-order valence-corrected chi connectivity index (χ4v) is 4.19. The summed E-state index contributed by atoms with van der Waals surface area (Å²) in [6, 6.07) is 3.33. The van der Waals surface area contributed by atoms with E-state index in [2.05, 4.69) is 5.32 Å². The number of imide groups is 1. The standard InChI is InChI=1S/C21H16Cl4N2O7/c1-8(27-19(29)13-14(20(27)30)16(23)18(25)17(24)15(13)22)21(31)34-7-12(28)26-10-6-9(32-2)4-5-11(10)33-3/h4-6,8H,7H2,1-3H3,(H,26,28)/t8-/m1/s1. The molecular formula is C21H16Cl4N2O7. The molecule has 0 radical (unpaired) electrons. The molecule has 3 amide bonds. The Balaban J connectivity index is 1.71. The highest BCUT2D eigenvalue weighted by atomic mass is 35.5. The summed E-state index contributed by atoms with van der Waals surface area (Å²) in [4.78, 5) is 51.2. The number of hydrogen-bond acceptors (Lipinski definition) is 7. The smallest absolute Gasteiger partial charge is 0.329 e. The molecule has 0 spiro atoms. The molecule has 0 saturated carbocycles. The van der Waals surface area contributed by atoms with Gasteiger partial charge in [-0.1, -0.05) is 46.4 Å². The number of fused-ring (bicyclic) bond motifs is 1. The van der Waals surface area contributed by atoms with Crippen LogP contribution in [0, 0.1) is 0 Å². The van der Waals surface area contributed by atoms with Crippen molar-refractivity contribution >= 4 is 75.8 Å². The van der Waals surface area contributed by atoms with Gasteiger partial charge in [0.05, 0.1) is 51.1 Å². The zero-order valence-electron chi connectivity index (χ0n) is 17.8. The van der Waals surface area contributed by atoms with Crippen LogP contribution in [-0.4, -0.2) is 55.5 Å². The molecule has 0 unspecified atom stereocenters. The zero-order chi connectivity index (χ0) is 25.3. The van der Waals surface area contributed by atoms with Crippen LogP contribution in [0.2, 0.25) is 20.1 Å². The molecule has 2 aromatic carbocycles. The highest BCUT2D eigenvalue weighted by Crippen LogP contribution is 2.45. The Kier molecular flexibility index (Phi) is 7.82. The molecule has 0 aromatic heterocycles. The normalized spacial score (nSPS) is 13.4. The maximum absolute atomic E-state index is 12.8. The third-order valence-corrected chi connectivity index (χ3v) is 6.69. The number of halogens is 4. The molecule has 0 saturated heterocycles. The first-order valence-electron chi connectivity index (χ1n) is 9.45. The molecule has 180 valence electrons. The summed E-state index contributed by atoms with van der Waals surface area (Å²) in [6.45, 7) is 0.546. The summed E-state index contributed by atoms with van der Waals surface area (Å²) in [5, 5.41) is 1.60. The molecule has 1 atom stereocenters. The topological polar surface area (TPSA) is 111 Å². The number of nitrogens with zero attached hydrogens (tertiary/aromatic N) is 1. The van der Waals surface area contributed by atoms with Crippen LogP contribution in [0.3, 0.4) is 0 Å². The summed E-state index contributed by atoms with van der Waals surface area (Å²) < 4.78 is 15.3. The van der Waals surface area contributed by atoms with E-state index in [1.54, 1.807) is 12.1 Å². The van der Waals surface area contributed by atoms with Crippen molar-refractivity contribution in [1.29, 1.82) is 0 Å². The van der Waals surface area contributed by atoms with E-state index >= 15 is 0 Å². The number of amides is 3. The molecule has 0 fully saturated rings. The number of anilines is 1. The summed E-state index contributed by atoms with van der Waals surface area (Å²) in [7, 11) is 2.87. The highest BCUT2D eigenvalue weighted by Gasteiger charge is 2.45. The Morgan fingerprint density at radius 3 is 2.00 bits per heavy atom. The first-order valence-corrected chi connectivity index (χ1v) is 11.0. The quantitative estimate of drug-likeness (QED) is 0.234. The summed E-state index contributed by atoms with van der Waals surface area (Å²) in [5.41, 5.74) is -0.253. The maximum atomic E-state index is 12.8. The van der Waals surface area contributed by atoms with Gasteiger partial charge in [0.15, 0.2) is 6.61 Å². The number of carbonyl (C=O) groups is 4. The van der Waals surface area contributed by atoms with Gasteiger partial charge < -0.3 is 19.5 Å². The first-order chi connectivity index (χ1) is 16.0. The molecule has 1 heterocycles. The number of esters is 1. The number of carbonyl (C=O) groups excluding carboxylic acids is 4. The third kappa shape index (κ3) is 4.61. The Bertz CT molecular complexity index is 1170. The van der Waals surface area contributed by atoms with Crippen molar-refractivity contribution < 1.29 is 33.4 Å². The molecule has 0 aliphatic carbocycles. The number of methoxy groups -OCH3 is 2. The lowest BCUT2D eigenvalue weighted by molar-refractivity contribution is -0.150. The minimum atomic E-state index is -1.41. The van der Waals surface area contributed by atoms with E-state index < -0.39 is 36.3 Å². The highest BCUT2D eigenvalue weighted by molar-refractivity contribution is 6.55. The van der Waals surface area contributed by atoms with Crippen LogP contribution in [-0.2, 0) is 14.3 Å². The van der Waals surface area contributed by atoms with Gasteiger partial charge in [0.25, 0.3) is 17.7 Å². The first kappa shape index (κ1) is 25.9. The van der Waals surface area contributed by atoms with Crippen LogP contribution in [0.1, 0.15) is 27.6 Å². The Hall–Kier alpha value is -2.72. The second-order valence-electron chi connectivity index (χ2n) is 6.88. The Labute approximate surface area is 213 Å². The van der Waals surface area contributed by atoms with E-state index in [4.69, 9.17) is 60.6 Å². The van der Waals surface area contributed by atoms with Crippen molar-refractivity contribution in [2.45, 2.75) is 13.0 Å². The maximum Gasteiger partial charge on any atom is 0.329 e. The van der Waals surface area contributed by atoms with Crippen LogP contribution in [0.4, 0.5) is 5.69 Å². The van der Waals surface area contributed by atoms with Crippen LogP contribution in [0.25, 0.3) is 0 Å². The molecule has 13 heteroatoms. The van der Waals surface area contributed by atoms with E-state index in [9.17, 15) is 19.2 Å². The summed E-state index contributed by atoms with van der Waals surface area (Å²) >= 11 is 24.1. The molecule has 34 heavy (non-hydrogen) atoms. The van der Waals surface area contributed by atoms with Crippen molar-refractivity contribution in [3.63, 3.8) is 0 Å². The van der Waals surface area contributed by atoms with E-state index in [-0.39, 0.29) is 36.9 Å². The zero-order valence-corrected chi connectivity index (χ0v) is 20.9. The van der Waals surface area contributed by atoms with E-state index in [0.29, 0.717) is 16.4 Å². The second-order valence-corrected chi connectivity index (χ2v) is 8.40. The largest absolute Gasteiger partial charge is 0.497 e. The number of benzene rings is 2. The average molecular weight is 550 g/mol. The van der Waals surface area contributed by atoms with Gasteiger partial charge in [-0.3, -0.25) is 19.3 Å². The lowest BCUT2D eigenvalue weighted by Gasteiger charge is -2.21. The number of rotatable bonds is 7. The predicted molar refractivity (Wildman–Crippen MR) is 126 cm³/mol. The minimum Gasteiger partial charge on any atom is -0.497 e. The summed E-state index contributed by atoms with van der Waals surface area (Å²) in [5.74, 6) is -2.71. The van der Waals surface area contributed by atoms with Gasteiger partial charge in [0.2, 0.25) is 0 Å². The summed E-state index contributed by atoms with van der Waals surface area (Å²) in [6.07, 6.45) is 0. The predicted octanol–water partition coefficient (Wildman–Crippen LogP) is 4.48. The monoisotopic (exact) mass is 548 g/mol. The van der Waals surface area contributed by atoms with Crippen molar-refractivity contribution in [3.8, 4) is 11.5 Å². The fraction of sp³-hybridized carbons (Fsp3) is 0.238. The van der Waals surface area contributed by atoms with Crippen molar-refractivity contribution in [2.24, 2.45) is 0 Å². The molecule has 1 aliphatic rings. The second kappa shape index (κ2) is 10.3.